The van der Waals surface area contributed by atoms with E-state index in [4.69, 9.17) is 0 Å². The minimum absolute atomic E-state index is 0.0128. The Balaban J connectivity index is 2.13. The van der Waals surface area contributed by atoms with Crippen molar-refractivity contribution in [3.63, 3.8) is 0 Å². The molecule has 0 unspecified atom stereocenters. The van der Waals surface area contributed by atoms with Crippen molar-refractivity contribution in [2.24, 2.45) is 19.1 Å². The number of amides is 1. The number of hydrogen-bond acceptors (Lipinski definition) is 5. The summed E-state index contributed by atoms with van der Waals surface area (Å²) in [6.07, 6.45) is 1.52. The summed E-state index contributed by atoms with van der Waals surface area (Å²) in [7, 11) is 3.43. The van der Waals surface area contributed by atoms with Gasteiger partial charge in [-0.15, -0.1) is 0 Å². The molecule has 8 nitrogen and oxygen atoms in total. The van der Waals surface area contributed by atoms with Gasteiger partial charge in [-0.25, -0.2) is 0 Å². The molecule has 0 saturated heterocycles. The molecule has 0 saturated carbocycles. The zero-order valence-corrected chi connectivity index (χ0v) is 12.6. The first-order valence-corrected chi connectivity index (χ1v) is 7.10. The van der Waals surface area contributed by atoms with Crippen LogP contribution in [0.4, 0.5) is 5.69 Å². The molecule has 0 spiro atoms. The van der Waals surface area contributed by atoms with Crippen LogP contribution in [0.1, 0.15) is 10.5 Å². The van der Waals surface area contributed by atoms with Gasteiger partial charge in [-0.1, -0.05) is 11.3 Å². The van der Waals surface area contributed by atoms with E-state index in [0.29, 0.717) is 15.2 Å². The topological polar surface area (TPSA) is 95.3 Å². The first kappa shape index (κ1) is 14.1. The first-order chi connectivity index (χ1) is 10.5. The molecule has 112 valence electrons. The van der Waals surface area contributed by atoms with E-state index in [-0.39, 0.29) is 5.69 Å². The molecule has 0 N–H and O–H groups in total. The Kier molecular flexibility index (Phi) is 3.33. The average Bonchev–Trinajstić information content (AvgIpc) is 3.03. The van der Waals surface area contributed by atoms with Gasteiger partial charge in [0.2, 0.25) is 0 Å². The van der Waals surface area contributed by atoms with Gasteiger partial charge in [0.25, 0.3) is 11.6 Å². The van der Waals surface area contributed by atoms with Crippen molar-refractivity contribution in [2.75, 3.05) is 0 Å². The van der Waals surface area contributed by atoms with Crippen LogP contribution in [0, 0.1) is 10.1 Å². The second-order valence-corrected chi connectivity index (χ2v) is 5.62. The van der Waals surface area contributed by atoms with Crippen LogP contribution in [0.5, 0.6) is 0 Å². The van der Waals surface area contributed by atoms with E-state index in [1.807, 2.05) is 0 Å². The highest BCUT2D eigenvalue weighted by Gasteiger charge is 2.12. The molecular formula is C13H11N5O3S. The number of nitro benzene ring substituents is 1. The maximum Gasteiger partial charge on any atom is 0.297 e. The Bertz CT molecular complexity index is 966. The third-order valence-electron chi connectivity index (χ3n) is 3.24. The van der Waals surface area contributed by atoms with Gasteiger partial charge in [0, 0.05) is 32.4 Å². The minimum atomic E-state index is -0.448. The van der Waals surface area contributed by atoms with E-state index in [9.17, 15) is 14.9 Å². The summed E-state index contributed by atoms with van der Waals surface area (Å²) >= 11 is 1.23. The molecule has 22 heavy (non-hydrogen) atoms. The third-order valence-corrected chi connectivity index (χ3v) is 4.34. The molecule has 2 aromatic heterocycles. The number of nitro groups is 1. The fourth-order valence-corrected chi connectivity index (χ4v) is 3.12. The molecule has 0 aliphatic rings. The van der Waals surface area contributed by atoms with Crippen molar-refractivity contribution >= 4 is 33.1 Å². The van der Waals surface area contributed by atoms with E-state index in [0.717, 1.165) is 5.52 Å². The van der Waals surface area contributed by atoms with Gasteiger partial charge < -0.3 is 4.57 Å². The molecule has 0 radical (unpaired) electrons. The van der Waals surface area contributed by atoms with E-state index in [1.54, 1.807) is 30.8 Å². The Morgan fingerprint density at radius 1 is 1.36 bits per heavy atom. The third kappa shape index (κ3) is 2.31. The van der Waals surface area contributed by atoms with Crippen LogP contribution >= 0.6 is 11.3 Å². The standard InChI is InChI=1S/C13H11N5O3S/c1-16-9-4-3-8(18(20)21)7-11(9)22-13(16)15-12(19)10-5-6-14-17(10)2/h3-7H,1-2H3. The molecule has 0 fully saturated rings. The molecule has 0 atom stereocenters. The van der Waals surface area contributed by atoms with E-state index in [2.05, 4.69) is 10.1 Å². The summed E-state index contributed by atoms with van der Waals surface area (Å²) < 4.78 is 3.88. The van der Waals surface area contributed by atoms with E-state index >= 15 is 0 Å². The van der Waals surface area contributed by atoms with Crippen LogP contribution in [0.15, 0.2) is 35.5 Å². The van der Waals surface area contributed by atoms with Gasteiger partial charge in [-0.3, -0.25) is 19.6 Å². The number of non-ortho nitro benzene ring substituents is 1. The molecular weight excluding hydrogens is 306 g/mol. The Hall–Kier alpha value is -2.81. The molecule has 1 aromatic carbocycles. The van der Waals surface area contributed by atoms with Gasteiger partial charge in [0.1, 0.15) is 5.69 Å². The van der Waals surface area contributed by atoms with Crippen LogP contribution < -0.4 is 4.80 Å². The number of nitrogens with zero attached hydrogens (tertiary/aromatic N) is 5. The first-order valence-electron chi connectivity index (χ1n) is 6.28. The van der Waals surface area contributed by atoms with Gasteiger partial charge in [-0.2, -0.15) is 10.1 Å². The van der Waals surface area contributed by atoms with Crippen LogP contribution in [0.2, 0.25) is 0 Å². The summed E-state index contributed by atoms with van der Waals surface area (Å²) in [5.74, 6) is -0.406. The molecule has 3 aromatic rings. The molecule has 0 aliphatic heterocycles. The van der Waals surface area contributed by atoms with Gasteiger partial charge in [0.15, 0.2) is 4.80 Å². The van der Waals surface area contributed by atoms with Crippen molar-refractivity contribution in [2.45, 2.75) is 0 Å². The van der Waals surface area contributed by atoms with Crippen LogP contribution in [-0.4, -0.2) is 25.2 Å². The van der Waals surface area contributed by atoms with Crippen molar-refractivity contribution in [3.05, 3.63) is 51.1 Å². The lowest BCUT2D eigenvalue weighted by Crippen LogP contribution is -2.14. The lowest BCUT2D eigenvalue weighted by molar-refractivity contribution is -0.384. The van der Waals surface area contributed by atoms with Crippen LogP contribution in [-0.2, 0) is 14.1 Å². The number of thiazole rings is 1. The van der Waals surface area contributed by atoms with E-state index < -0.39 is 10.8 Å². The number of aryl methyl sites for hydroxylation is 2. The SMILES string of the molecule is Cn1nccc1C(=O)N=c1sc2cc([N+](=O)[O-])ccc2n1C. The fraction of sp³-hybridized carbons (Fsp3) is 0.154. The smallest absolute Gasteiger partial charge is 0.297 e. The number of benzene rings is 1. The van der Waals surface area contributed by atoms with E-state index in [1.165, 1.54) is 34.3 Å². The summed E-state index contributed by atoms with van der Waals surface area (Å²) in [5, 5.41) is 14.8. The highest BCUT2D eigenvalue weighted by atomic mass is 32.1. The predicted molar refractivity (Wildman–Crippen MR) is 80.6 cm³/mol. The normalized spacial score (nSPS) is 12.0. The van der Waals surface area contributed by atoms with Crippen molar-refractivity contribution in [1.29, 1.82) is 0 Å². The molecule has 1 amide bonds. The minimum Gasteiger partial charge on any atom is -0.319 e. The second-order valence-electron chi connectivity index (χ2n) is 4.61. The predicted octanol–water partition coefficient (Wildman–Crippen LogP) is 1.62. The number of carbonyl (C=O) groups is 1. The largest absolute Gasteiger partial charge is 0.319 e. The number of rotatable bonds is 2. The van der Waals surface area contributed by atoms with Gasteiger partial charge in [-0.05, 0) is 12.1 Å². The molecule has 0 bridgehead atoms. The van der Waals surface area contributed by atoms with Crippen LogP contribution in [0.25, 0.3) is 10.2 Å². The van der Waals surface area contributed by atoms with Crippen molar-refractivity contribution < 1.29 is 9.72 Å². The molecule has 0 aliphatic carbocycles. The summed E-state index contributed by atoms with van der Waals surface area (Å²) in [5.41, 5.74) is 1.18. The zero-order chi connectivity index (χ0) is 15.9. The summed E-state index contributed by atoms with van der Waals surface area (Å²) in [6, 6.07) is 6.15. The maximum absolute atomic E-state index is 12.2. The Morgan fingerprint density at radius 3 is 2.77 bits per heavy atom. The highest BCUT2D eigenvalue weighted by molar-refractivity contribution is 7.16. The van der Waals surface area contributed by atoms with Crippen LogP contribution in [0.3, 0.4) is 0 Å². The number of hydrogen-bond donors (Lipinski definition) is 0. The lowest BCUT2D eigenvalue weighted by Gasteiger charge is -1.96. The van der Waals surface area contributed by atoms with Gasteiger partial charge >= 0.3 is 0 Å². The second kappa shape index (κ2) is 5.19. The van der Waals surface area contributed by atoms with Gasteiger partial charge in [0.05, 0.1) is 15.1 Å². The molecule has 2 heterocycles. The molecule has 9 heteroatoms. The average molecular weight is 317 g/mol. The molecule has 3 rings (SSSR count). The van der Waals surface area contributed by atoms with Crippen molar-refractivity contribution in [1.82, 2.24) is 14.3 Å². The maximum atomic E-state index is 12.2. The Labute approximate surface area is 128 Å². The quantitative estimate of drug-likeness (QED) is 0.530. The van der Waals surface area contributed by atoms with Crippen molar-refractivity contribution in [3.8, 4) is 0 Å². The summed E-state index contributed by atoms with van der Waals surface area (Å²) in [6.45, 7) is 0. The lowest BCUT2D eigenvalue weighted by atomic mass is 10.3. The summed E-state index contributed by atoms with van der Waals surface area (Å²) in [4.78, 5) is 27.1. The number of aromatic nitrogens is 3. The zero-order valence-electron chi connectivity index (χ0n) is 11.8. The number of carbonyl (C=O) groups excluding carboxylic acids is 1. The monoisotopic (exact) mass is 317 g/mol. The fourth-order valence-electron chi connectivity index (χ4n) is 2.07. The highest BCUT2D eigenvalue weighted by Crippen LogP contribution is 2.22. The number of fused-ring (bicyclic) bond motifs is 1. The Morgan fingerprint density at radius 2 is 2.14 bits per heavy atom.